The molecule has 1 atom stereocenters. The predicted octanol–water partition coefficient (Wildman–Crippen LogP) is 1.40. The number of nitrogens with zero attached hydrogens (tertiary/aromatic N) is 2. The van der Waals surface area contributed by atoms with E-state index >= 15 is 0 Å². The number of hydrogen-bond donors (Lipinski definition) is 1. The molecule has 0 spiro atoms. The van der Waals surface area contributed by atoms with Crippen LogP contribution in [-0.2, 0) is 15.6 Å². The first kappa shape index (κ1) is 19.4. The lowest BCUT2D eigenvalue weighted by molar-refractivity contribution is 0.0709. The lowest BCUT2D eigenvalue weighted by Crippen LogP contribution is -2.51. The number of carbonyl (C=O) groups is 1. The summed E-state index contributed by atoms with van der Waals surface area (Å²) in [7, 11) is -2.39. The Kier molecular flexibility index (Phi) is 5.52. The molecule has 0 radical (unpaired) electrons. The van der Waals surface area contributed by atoms with Gasteiger partial charge in [-0.2, -0.15) is 0 Å². The van der Waals surface area contributed by atoms with Crippen LogP contribution in [-0.4, -0.2) is 57.2 Å². The van der Waals surface area contributed by atoms with Crippen molar-refractivity contribution in [3.05, 3.63) is 41.3 Å². The number of ether oxygens (including phenoxy) is 1. The predicted molar refractivity (Wildman–Crippen MR) is 98.5 cm³/mol. The smallest absolute Gasteiger partial charge is 0.253 e. The number of aromatic nitrogens is 1. The molecule has 0 aliphatic carbocycles. The van der Waals surface area contributed by atoms with E-state index in [1.54, 1.807) is 24.0 Å². The molecular weight excluding hydrogens is 370 g/mol. The zero-order valence-corrected chi connectivity index (χ0v) is 16.4. The maximum Gasteiger partial charge on any atom is 0.253 e. The summed E-state index contributed by atoms with van der Waals surface area (Å²) in [4.78, 5) is 14.5. The topological polar surface area (TPSA) is 102 Å². The number of amides is 1. The number of piperazine rings is 1. The largest absolute Gasteiger partial charge is 0.495 e. The van der Waals surface area contributed by atoms with Gasteiger partial charge in [0.1, 0.15) is 16.4 Å². The molecule has 0 unspecified atom stereocenters. The highest BCUT2D eigenvalue weighted by Gasteiger charge is 2.27. The van der Waals surface area contributed by atoms with Gasteiger partial charge in [-0.15, -0.1) is 0 Å². The summed E-state index contributed by atoms with van der Waals surface area (Å²) in [5.74, 6) is -0.122. The number of rotatable bonds is 5. The number of methoxy groups -OCH3 is 1. The molecule has 1 fully saturated rings. The molecule has 1 aromatic carbocycles. The van der Waals surface area contributed by atoms with Gasteiger partial charge in [0.05, 0.1) is 12.8 Å². The first-order chi connectivity index (χ1) is 12.8. The molecule has 1 N–H and O–H groups in total. The minimum atomic E-state index is -3.78. The first-order valence-electron chi connectivity index (χ1n) is 8.66. The quantitative estimate of drug-likeness (QED) is 0.819. The Morgan fingerprint density at radius 1 is 1.41 bits per heavy atom. The van der Waals surface area contributed by atoms with Crippen LogP contribution >= 0.6 is 0 Å². The minimum absolute atomic E-state index is 0.0342. The number of nitrogens with one attached hydrogen (secondary N) is 1. The van der Waals surface area contributed by atoms with Crippen LogP contribution in [0.4, 0.5) is 0 Å². The molecule has 146 valence electrons. The Hall–Kier alpha value is -2.39. The van der Waals surface area contributed by atoms with E-state index in [2.05, 4.69) is 10.5 Å². The van der Waals surface area contributed by atoms with Gasteiger partial charge in [0.2, 0.25) is 0 Å². The molecule has 1 aliphatic heterocycles. The van der Waals surface area contributed by atoms with Crippen molar-refractivity contribution in [1.82, 2.24) is 15.4 Å². The van der Waals surface area contributed by atoms with E-state index in [1.807, 2.05) is 6.92 Å². The SMILES string of the molecule is COc1ccc(C(=O)N2CCN[C@H](C)C2)cc1S(=O)(=O)Cc1cc(C)no1. The number of benzene rings is 1. The summed E-state index contributed by atoms with van der Waals surface area (Å²) >= 11 is 0. The van der Waals surface area contributed by atoms with Gasteiger partial charge in [-0.05, 0) is 32.0 Å². The average Bonchev–Trinajstić information content (AvgIpc) is 3.04. The summed E-state index contributed by atoms with van der Waals surface area (Å²) in [6, 6.07) is 6.25. The Morgan fingerprint density at radius 3 is 2.81 bits per heavy atom. The Bertz CT molecular complexity index is 938. The van der Waals surface area contributed by atoms with Crippen LogP contribution in [0.3, 0.4) is 0 Å². The summed E-state index contributed by atoms with van der Waals surface area (Å²) < 4.78 is 36.0. The Labute approximate surface area is 158 Å². The lowest BCUT2D eigenvalue weighted by Gasteiger charge is -2.32. The van der Waals surface area contributed by atoms with Crippen molar-refractivity contribution in [2.75, 3.05) is 26.7 Å². The van der Waals surface area contributed by atoms with E-state index in [4.69, 9.17) is 9.26 Å². The number of aryl methyl sites for hydroxylation is 1. The summed E-state index contributed by atoms with van der Waals surface area (Å²) in [5.41, 5.74) is 0.918. The first-order valence-corrected chi connectivity index (χ1v) is 10.3. The van der Waals surface area contributed by atoms with E-state index in [0.717, 1.165) is 0 Å². The van der Waals surface area contributed by atoms with Crippen LogP contribution in [0.1, 0.15) is 28.7 Å². The minimum Gasteiger partial charge on any atom is -0.495 e. The van der Waals surface area contributed by atoms with E-state index in [9.17, 15) is 13.2 Å². The standard InChI is InChI=1S/C18H23N3O5S/c1-12-8-15(26-20-12)11-27(23,24)17-9-14(4-5-16(17)25-3)18(22)21-7-6-19-13(2)10-21/h4-5,8-9,13,19H,6-7,10-11H2,1-3H3/t13-/m1/s1. The van der Waals surface area contributed by atoms with Crippen LogP contribution in [0.15, 0.2) is 33.7 Å². The van der Waals surface area contributed by atoms with Gasteiger partial charge in [0.25, 0.3) is 5.91 Å². The third kappa shape index (κ3) is 4.30. The van der Waals surface area contributed by atoms with E-state index in [1.165, 1.54) is 19.2 Å². The monoisotopic (exact) mass is 393 g/mol. The van der Waals surface area contributed by atoms with Gasteiger partial charge >= 0.3 is 0 Å². The van der Waals surface area contributed by atoms with E-state index in [0.29, 0.717) is 30.9 Å². The highest BCUT2D eigenvalue weighted by Crippen LogP contribution is 2.28. The van der Waals surface area contributed by atoms with Gasteiger partial charge < -0.3 is 19.5 Å². The second-order valence-electron chi connectivity index (χ2n) is 6.67. The maximum absolute atomic E-state index is 12.9. The van der Waals surface area contributed by atoms with Crippen LogP contribution < -0.4 is 10.1 Å². The molecule has 2 heterocycles. The lowest BCUT2D eigenvalue weighted by atomic mass is 10.1. The second kappa shape index (κ2) is 7.69. The molecule has 9 heteroatoms. The second-order valence-corrected chi connectivity index (χ2v) is 8.62. The van der Waals surface area contributed by atoms with Gasteiger partial charge in [0, 0.05) is 37.3 Å². The van der Waals surface area contributed by atoms with Crippen LogP contribution in [0.2, 0.25) is 0 Å². The third-order valence-electron chi connectivity index (χ3n) is 4.41. The zero-order chi connectivity index (χ0) is 19.6. The van der Waals surface area contributed by atoms with Gasteiger partial charge in [0.15, 0.2) is 15.6 Å². The number of hydrogen-bond acceptors (Lipinski definition) is 7. The molecule has 0 bridgehead atoms. The normalized spacial score (nSPS) is 17.7. The maximum atomic E-state index is 12.9. The van der Waals surface area contributed by atoms with Crippen LogP contribution in [0.25, 0.3) is 0 Å². The fourth-order valence-corrected chi connectivity index (χ4v) is 4.53. The average molecular weight is 393 g/mol. The van der Waals surface area contributed by atoms with Crippen molar-refractivity contribution in [2.45, 2.75) is 30.5 Å². The van der Waals surface area contributed by atoms with Crippen molar-refractivity contribution in [1.29, 1.82) is 0 Å². The van der Waals surface area contributed by atoms with Crippen molar-refractivity contribution in [3.8, 4) is 5.75 Å². The molecule has 0 saturated carbocycles. The fourth-order valence-electron chi connectivity index (χ4n) is 3.10. The van der Waals surface area contributed by atoms with E-state index < -0.39 is 9.84 Å². The molecular formula is C18H23N3O5S. The fraction of sp³-hybridized carbons (Fsp3) is 0.444. The molecule has 27 heavy (non-hydrogen) atoms. The summed E-state index contributed by atoms with van der Waals surface area (Å²) in [6.45, 7) is 5.58. The van der Waals surface area contributed by atoms with Crippen molar-refractivity contribution >= 4 is 15.7 Å². The van der Waals surface area contributed by atoms with E-state index in [-0.39, 0.29) is 34.1 Å². The highest BCUT2D eigenvalue weighted by atomic mass is 32.2. The number of sulfone groups is 1. The Balaban J connectivity index is 1.92. The van der Waals surface area contributed by atoms with Crippen molar-refractivity contribution in [3.63, 3.8) is 0 Å². The highest BCUT2D eigenvalue weighted by molar-refractivity contribution is 7.90. The molecule has 1 amide bonds. The number of carbonyl (C=O) groups excluding carboxylic acids is 1. The molecule has 2 aromatic rings. The summed E-state index contributed by atoms with van der Waals surface area (Å²) in [5, 5.41) is 6.99. The van der Waals surface area contributed by atoms with Crippen molar-refractivity contribution < 1.29 is 22.5 Å². The van der Waals surface area contributed by atoms with Crippen LogP contribution in [0.5, 0.6) is 5.75 Å². The van der Waals surface area contributed by atoms with Gasteiger partial charge in [-0.3, -0.25) is 4.79 Å². The molecule has 1 saturated heterocycles. The molecule has 1 aromatic heterocycles. The third-order valence-corrected chi connectivity index (χ3v) is 6.06. The molecule has 3 rings (SSSR count). The van der Waals surface area contributed by atoms with Crippen molar-refractivity contribution in [2.24, 2.45) is 0 Å². The molecule has 8 nitrogen and oxygen atoms in total. The van der Waals surface area contributed by atoms with Gasteiger partial charge in [-0.25, -0.2) is 8.42 Å². The van der Waals surface area contributed by atoms with Gasteiger partial charge in [-0.1, -0.05) is 5.16 Å². The van der Waals surface area contributed by atoms with Crippen LogP contribution in [0, 0.1) is 6.92 Å². The Morgan fingerprint density at radius 2 is 2.19 bits per heavy atom. The zero-order valence-electron chi connectivity index (χ0n) is 15.6. The molecule has 1 aliphatic rings. The summed E-state index contributed by atoms with van der Waals surface area (Å²) in [6.07, 6.45) is 0.